The van der Waals surface area contributed by atoms with E-state index in [2.05, 4.69) is 10.6 Å². The first-order valence-electron chi connectivity index (χ1n) is 6.98. The Morgan fingerprint density at radius 3 is 2.90 bits per heavy atom. The van der Waals surface area contributed by atoms with Crippen molar-refractivity contribution in [2.75, 3.05) is 6.61 Å². The highest BCUT2D eigenvalue weighted by molar-refractivity contribution is 6.01. The van der Waals surface area contributed by atoms with E-state index in [0.29, 0.717) is 19.4 Å². The van der Waals surface area contributed by atoms with E-state index in [9.17, 15) is 14.4 Å². The lowest BCUT2D eigenvalue weighted by atomic mass is 9.95. The summed E-state index contributed by atoms with van der Waals surface area (Å²) in [6, 6.07) is 6.97. The van der Waals surface area contributed by atoms with Gasteiger partial charge in [-0.15, -0.1) is 0 Å². The van der Waals surface area contributed by atoms with E-state index in [1.807, 2.05) is 24.3 Å². The van der Waals surface area contributed by atoms with Crippen LogP contribution in [-0.2, 0) is 20.8 Å². The van der Waals surface area contributed by atoms with E-state index in [0.717, 1.165) is 11.3 Å². The Morgan fingerprint density at radius 1 is 1.29 bits per heavy atom. The van der Waals surface area contributed by atoms with Gasteiger partial charge >= 0.3 is 0 Å². The molecule has 1 saturated heterocycles. The monoisotopic (exact) mass is 288 g/mol. The maximum absolute atomic E-state index is 12.2. The van der Waals surface area contributed by atoms with E-state index < -0.39 is 11.9 Å². The van der Waals surface area contributed by atoms with Crippen LogP contribution in [-0.4, -0.2) is 30.4 Å². The topological polar surface area (TPSA) is 84.5 Å². The van der Waals surface area contributed by atoms with Crippen LogP contribution in [0.25, 0.3) is 0 Å². The maximum Gasteiger partial charge on any atom is 0.249 e. The summed E-state index contributed by atoms with van der Waals surface area (Å²) in [5.74, 6) is -0.441. The number of hydrogen-bond donors (Lipinski definition) is 2. The molecule has 1 aromatic carbocycles. The molecule has 2 aliphatic heterocycles. The number of imide groups is 1. The fourth-order valence-corrected chi connectivity index (χ4v) is 2.62. The predicted molar refractivity (Wildman–Crippen MR) is 73.4 cm³/mol. The Labute approximate surface area is 121 Å². The number of carbonyl (C=O) groups is 3. The van der Waals surface area contributed by atoms with Crippen molar-refractivity contribution in [2.45, 2.75) is 25.3 Å². The minimum absolute atomic E-state index is 0.209. The minimum atomic E-state index is -0.632. The molecule has 3 amide bonds. The number of amides is 3. The minimum Gasteiger partial charge on any atom is -0.492 e. The molecule has 6 nitrogen and oxygen atoms in total. The van der Waals surface area contributed by atoms with Crippen LogP contribution >= 0.6 is 0 Å². The van der Waals surface area contributed by atoms with E-state index >= 15 is 0 Å². The van der Waals surface area contributed by atoms with Crippen LogP contribution in [0.1, 0.15) is 18.4 Å². The second kappa shape index (κ2) is 5.55. The lowest BCUT2D eigenvalue weighted by molar-refractivity contribution is -0.138. The van der Waals surface area contributed by atoms with Crippen molar-refractivity contribution in [3.63, 3.8) is 0 Å². The zero-order valence-electron chi connectivity index (χ0n) is 11.4. The van der Waals surface area contributed by atoms with Gasteiger partial charge in [0.2, 0.25) is 17.7 Å². The second-order valence-electron chi connectivity index (χ2n) is 5.33. The van der Waals surface area contributed by atoms with Gasteiger partial charge < -0.3 is 10.1 Å². The number of piperidine rings is 1. The molecule has 110 valence electrons. The van der Waals surface area contributed by atoms with Gasteiger partial charge in [0, 0.05) is 6.42 Å². The van der Waals surface area contributed by atoms with Crippen molar-refractivity contribution >= 4 is 17.7 Å². The van der Waals surface area contributed by atoms with Crippen LogP contribution < -0.4 is 15.4 Å². The average Bonchev–Trinajstić information content (AvgIpc) is 2.49. The van der Waals surface area contributed by atoms with Gasteiger partial charge in [-0.05, 0) is 24.5 Å². The number of benzene rings is 1. The normalized spacial score (nSPS) is 24.6. The summed E-state index contributed by atoms with van der Waals surface area (Å²) < 4.78 is 5.57. The number of fused-ring (bicyclic) bond motifs is 1. The third-order valence-electron chi connectivity index (χ3n) is 3.81. The quantitative estimate of drug-likeness (QED) is 0.759. The van der Waals surface area contributed by atoms with Gasteiger partial charge in [0.1, 0.15) is 18.4 Å². The first kappa shape index (κ1) is 13.6. The molecule has 2 aliphatic rings. The van der Waals surface area contributed by atoms with Crippen molar-refractivity contribution in [1.29, 1.82) is 0 Å². The Hall–Kier alpha value is -2.37. The average molecular weight is 288 g/mol. The molecule has 21 heavy (non-hydrogen) atoms. The lowest BCUT2D eigenvalue weighted by Crippen LogP contribution is -2.54. The van der Waals surface area contributed by atoms with Crippen molar-refractivity contribution in [3.8, 4) is 5.75 Å². The van der Waals surface area contributed by atoms with Crippen LogP contribution in [0.5, 0.6) is 5.75 Å². The summed E-state index contributed by atoms with van der Waals surface area (Å²) in [7, 11) is 0. The van der Waals surface area contributed by atoms with E-state index in [-0.39, 0.29) is 24.2 Å². The number of hydrogen-bond acceptors (Lipinski definition) is 4. The Balaban J connectivity index is 1.62. The Bertz CT molecular complexity index is 599. The highest BCUT2D eigenvalue weighted by atomic mass is 16.5. The van der Waals surface area contributed by atoms with Gasteiger partial charge in [0.25, 0.3) is 0 Å². The summed E-state index contributed by atoms with van der Waals surface area (Å²) in [6.45, 7) is 0.302. The molecule has 2 heterocycles. The summed E-state index contributed by atoms with van der Waals surface area (Å²) in [5.41, 5.74) is 0.993. The molecule has 1 fully saturated rings. The number of nitrogens with one attached hydrogen (secondary N) is 2. The molecule has 2 unspecified atom stereocenters. The van der Waals surface area contributed by atoms with E-state index in [1.165, 1.54) is 0 Å². The third-order valence-corrected chi connectivity index (χ3v) is 3.81. The van der Waals surface area contributed by atoms with E-state index in [1.54, 1.807) is 0 Å². The van der Waals surface area contributed by atoms with Crippen LogP contribution in [0.2, 0.25) is 0 Å². The van der Waals surface area contributed by atoms with Crippen molar-refractivity contribution in [3.05, 3.63) is 29.8 Å². The second-order valence-corrected chi connectivity index (χ2v) is 5.33. The van der Waals surface area contributed by atoms with Crippen LogP contribution in [0.3, 0.4) is 0 Å². The molecule has 1 aromatic rings. The zero-order chi connectivity index (χ0) is 14.8. The molecule has 6 heteroatoms. The van der Waals surface area contributed by atoms with Gasteiger partial charge in [-0.1, -0.05) is 18.2 Å². The molecule has 2 N–H and O–H groups in total. The highest BCUT2D eigenvalue weighted by Crippen LogP contribution is 2.26. The molecule has 0 spiro atoms. The van der Waals surface area contributed by atoms with Crippen LogP contribution in [0, 0.1) is 5.92 Å². The van der Waals surface area contributed by atoms with Crippen LogP contribution in [0.4, 0.5) is 0 Å². The van der Waals surface area contributed by atoms with E-state index in [4.69, 9.17) is 4.74 Å². The number of carbonyl (C=O) groups excluding carboxylic acids is 3. The molecular formula is C15H16N2O4. The van der Waals surface area contributed by atoms with Gasteiger partial charge in [-0.2, -0.15) is 0 Å². The molecule has 2 atom stereocenters. The SMILES string of the molecule is O=C1CCC(NC(=O)C2COc3ccccc3C2)C(=O)N1. The maximum atomic E-state index is 12.2. The number of ether oxygens (including phenoxy) is 1. The van der Waals surface area contributed by atoms with Crippen molar-refractivity contribution in [2.24, 2.45) is 5.92 Å². The highest BCUT2D eigenvalue weighted by Gasteiger charge is 2.32. The molecule has 0 aliphatic carbocycles. The standard InChI is InChI=1S/C15H16N2O4/c18-13-6-5-11(15(20)17-13)16-14(19)10-7-9-3-1-2-4-12(9)21-8-10/h1-4,10-11H,5-8H2,(H,16,19)(H,17,18,20). The molecular weight excluding hydrogens is 272 g/mol. The Morgan fingerprint density at radius 2 is 2.10 bits per heavy atom. The number of para-hydroxylation sites is 1. The van der Waals surface area contributed by atoms with Gasteiger partial charge in [-0.3, -0.25) is 19.7 Å². The molecule has 3 rings (SSSR count). The fourth-order valence-electron chi connectivity index (χ4n) is 2.62. The van der Waals surface area contributed by atoms with Gasteiger partial charge in [0.15, 0.2) is 0 Å². The summed E-state index contributed by atoms with van der Waals surface area (Å²) in [5, 5.41) is 4.94. The van der Waals surface area contributed by atoms with Crippen LogP contribution in [0.15, 0.2) is 24.3 Å². The summed E-state index contributed by atoms with van der Waals surface area (Å²) in [6.07, 6.45) is 1.19. The fraction of sp³-hybridized carbons (Fsp3) is 0.400. The molecule has 0 aromatic heterocycles. The lowest BCUT2D eigenvalue weighted by Gasteiger charge is -2.27. The number of rotatable bonds is 2. The third kappa shape index (κ3) is 2.89. The van der Waals surface area contributed by atoms with Gasteiger partial charge in [0.05, 0.1) is 5.92 Å². The largest absolute Gasteiger partial charge is 0.492 e. The molecule has 0 bridgehead atoms. The van der Waals surface area contributed by atoms with Gasteiger partial charge in [-0.25, -0.2) is 0 Å². The summed E-state index contributed by atoms with van der Waals surface area (Å²) in [4.78, 5) is 35.0. The molecule has 0 radical (unpaired) electrons. The van der Waals surface area contributed by atoms with Crippen molar-refractivity contribution < 1.29 is 19.1 Å². The zero-order valence-corrected chi connectivity index (χ0v) is 11.4. The summed E-state index contributed by atoms with van der Waals surface area (Å²) >= 11 is 0. The first-order valence-corrected chi connectivity index (χ1v) is 6.98. The van der Waals surface area contributed by atoms with Crippen molar-refractivity contribution in [1.82, 2.24) is 10.6 Å². The smallest absolute Gasteiger partial charge is 0.249 e. The first-order chi connectivity index (χ1) is 10.1. The Kier molecular flexibility index (Phi) is 3.60. The molecule has 0 saturated carbocycles. The predicted octanol–water partition coefficient (Wildman–Crippen LogP) is 0.159.